The standard InChI is InChI=1S/C24H38N8O8S/c1-8-12(2)14(30-22(34)40-23(3,4)5)20(33)31-41(35,36)29-9-13-16-17(39-24(6,7)38-16)21(37-13)32-11-28-15-18(25)26-10-27-19(15)32/h10-14,16-17,21,29H,8-9H2,1-7H3,(H,30,34)(H,31,33)(H2,25,26,27)/t12-,13+,14-,16+,17+,21+/m0/s1. The second-order valence-corrected chi connectivity index (χ2v) is 13.0. The average Bonchev–Trinajstić information content (AvgIpc) is 3.50. The minimum absolute atomic E-state index is 0.198. The number of carbonyl (C=O) groups is 2. The molecular weight excluding hydrogens is 560 g/mol. The molecule has 0 spiro atoms. The zero-order chi connectivity index (χ0) is 30.3. The van der Waals surface area contributed by atoms with E-state index in [1.54, 1.807) is 46.1 Å². The third-order valence-electron chi connectivity index (χ3n) is 6.66. The Morgan fingerprint density at radius 1 is 1.20 bits per heavy atom. The molecule has 5 N–H and O–H groups in total. The number of nitrogen functional groups attached to an aromatic ring is 1. The number of amides is 2. The first-order valence-corrected chi connectivity index (χ1v) is 14.7. The van der Waals surface area contributed by atoms with Gasteiger partial charge in [0.15, 0.2) is 23.5 Å². The minimum Gasteiger partial charge on any atom is -0.444 e. The molecule has 2 aliphatic rings. The number of aromatic nitrogens is 4. The predicted molar refractivity (Wildman–Crippen MR) is 145 cm³/mol. The van der Waals surface area contributed by atoms with Crippen molar-refractivity contribution < 1.29 is 37.0 Å². The lowest BCUT2D eigenvalue weighted by Crippen LogP contribution is -2.55. The van der Waals surface area contributed by atoms with E-state index in [1.807, 2.05) is 11.6 Å². The zero-order valence-electron chi connectivity index (χ0n) is 24.1. The highest BCUT2D eigenvalue weighted by atomic mass is 32.2. The lowest BCUT2D eigenvalue weighted by atomic mass is 9.99. The number of hydrogen-bond acceptors (Lipinski definition) is 12. The molecule has 2 saturated heterocycles. The van der Waals surface area contributed by atoms with Gasteiger partial charge in [-0.1, -0.05) is 20.3 Å². The van der Waals surface area contributed by atoms with Gasteiger partial charge in [-0.15, -0.1) is 0 Å². The molecule has 2 aromatic rings. The molecule has 0 bridgehead atoms. The van der Waals surface area contributed by atoms with Gasteiger partial charge in [-0.3, -0.25) is 9.36 Å². The van der Waals surface area contributed by atoms with Gasteiger partial charge in [0.2, 0.25) is 0 Å². The number of ether oxygens (including phenoxy) is 4. The van der Waals surface area contributed by atoms with Crippen LogP contribution in [0, 0.1) is 5.92 Å². The van der Waals surface area contributed by atoms with Gasteiger partial charge in [0, 0.05) is 6.54 Å². The monoisotopic (exact) mass is 598 g/mol. The number of anilines is 1. The van der Waals surface area contributed by atoms with Crippen LogP contribution in [-0.2, 0) is 34.0 Å². The number of nitrogens with zero attached hydrogens (tertiary/aromatic N) is 4. The number of fused-ring (bicyclic) bond motifs is 2. The molecule has 2 aliphatic heterocycles. The Kier molecular flexibility index (Phi) is 8.48. The van der Waals surface area contributed by atoms with Gasteiger partial charge < -0.3 is 30.0 Å². The molecule has 16 nitrogen and oxygen atoms in total. The van der Waals surface area contributed by atoms with Crippen LogP contribution in [0.3, 0.4) is 0 Å². The van der Waals surface area contributed by atoms with E-state index in [-0.39, 0.29) is 18.3 Å². The Bertz CT molecular complexity index is 1390. The van der Waals surface area contributed by atoms with Crippen molar-refractivity contribution in [2.45, 2.75) is 96.9 Å². The van der Waals surface area contributed by atoms with Crippen LogP contribution < -0.4 is 20.5 Å². The van der Waals surface area contributed by atoms with Crippen molar-refractivity contribution in [3.05, 3.63) is 12.7 Å². The second kappa shape index (κ2) is 11.3. The van der Waals surface area contributed by atoms with Crippen molar-refractivity contribution in [2.24, 2.45) is 5.92 Å². The van der Waals surface area contributed by atoms with Crippen molar-refractivity contribution in [3.8, 4) is 0 Å². The summed E-state index contributed by atoms with van der Waals surface area (Å²) in [6, 6.07) is -1.15. The van der Waals surface area contributed by atoms with E-state index >= 15 is 0 Å². The Labute approximate surface area is 238 Å². The predicted octanol–water partition coefficient (Wildman–Crippen LogP) is 0.716. The van der Waals surface area contributed by atoms with E-state index in [2.05, 4.69) is 25.0 Å². The normalized spacial score (nSPS) is 25.4. The van der Waals surface area contributed by atoms with E-state index < -0.39 is 64.2 Å². The Balaban J connectivity index is 1.46. The molecule has 4 heterocycles. The van der Waals surface area contributed by atoms with Crippen molar-refractivity contribution in [1.82, 2.24) is 34.3 Å². The maximum Gasteiger partial charge on any atom is 0.408 e. The molecule has 2 aromatic heterocycles. The fourth-order valence-corrected chi connectivity index (χ4v) is 5.51. The van der Waals surface area contributed by atoms with Crippen molar-refractivity contribution in [2.75, 3.05) is 12.3 Å². The first kappa shape index (κ1) is 30.8. The lowest BCUT2D eigenvalue weighted by Gasteiger charge is -2.26. The SMILES string of the molecule is CC[C@H](C)[C@H](NC(=O)OC(C)(C)C)C(=O)NS(=O)(=O)NC[C@H]1O[C@@H](n2cnc3c(N)ncnc32)[C@@H]2OC(C)(C)O[C@@H]21. The lowest BCUT2D eigenvalue weighted by molar-refractivity contribution is -0.195. The molecule has 0 aromatic carbocycles. The molecule has 2 amide bonds. The summed E-state index contributed by atoms with van der Waals surface area (Å²) in [6.07, 6.45) is -0.406. The molecule has 228 valence electrons. The van der Waals surface area contributed by atoms with Crippen LogP contribution in [0.2, 0.25) is 0 Å². The molecule has 6 atom stereocenters. The fraction of sp³-hybridized carbons (Fsp3) is 0.708. The Morgan fingerprint density at radius 2 is 1.88 bits per heavy atom. The summed E-state index contributed by atoms with van der Waals surface area (Å²) in [6.45, 7) is 11.8. The first-order chi connectivity index (χ1) is 19.0. The maximum absolute atomic E-state index is 13.0. The minimum atomic E-state index is -4.37. The number of hydrogen-bond donors (Lipinski definition) is 4. The van der Waals surface area contributed by atoms with Crippen LogP contribution in [0.5, 0.6) is 0 Å². The van der Waals surface area contributed by atoms with Crippen LogP contribution in [0.1, 0.15) is 61.1 Å². The smallest absolute Gasteiger partial charge is 0.408 e. The topological polar surface area (TPSA) is 211 Å². The van der Waals surface area contributed by atoms with E-state index in [1.165, 1.54) is 12.7 Å². The van der Waals surface area contributed by atoms with Gasteiger partial charge in [0.25, 0.3) is 5.91 Å². The molecule has 41 heavy (non-hydrogen) atoms. The maximum atomic E-state index is 13.0. The summed E-state index contributed by atoms with van der Waals surface area (Å²) in [7, 11) is -4.37. The number of nitrogens with one attached hydrogen (secondary N) is 3. The fourth-order valence-electron chi connectivity index (χ4n) is 4.66. The number of rotatable bonds is 9. The number of carbonyl (C=O) groups excluding carboxylic acids is 2. The Hall–Kier alpha value is -3.12. The van der Waals surface area contributed by atoms with Crippen LogP contribution in [0.25, 0.3) is 11.2 Å². The van der Waals surface area contributed by atoms with Gasteiger partial charge >= 0.3 is 16.3 Å². The van der Waals surface area contributed by atoms with E-state index in [0.29, 0.717) is 17.6 Å². The van der Waals surface area contributed by atoms with Crippen LogP contribution in [0.4, 0.5) is 10.6 Å². The molecular formula is C24H38N8O8S. The molecule has 4 rings (SSSR count). The van der Waals surface area contributed by atoms with Crippen molar-refractivity contribution in [3.63, 3.8) is 0 Å². The summed E-state index contributed by atoms with van der Waals surface area (Å²) in [5, 5.41) is 2.47. The average molecular weight is 599 g/mol. The summed E-state index contributed by atoms with van der Waals surface area (Å²) in [5.74, 6) is -2.07. The quantitative estimate of drug-likeness (QED) is 0.314. The molecule has 17 heteroatoms. The van der Waals surface area contributed by atoms with Crippen molar-refractivity contribution in [1.29, 1.82) is 0 Å². The molecule has 0 radical (unpaired) electrons. The molecule has 0 unspecified atom stereocenters. The molecule has 2 fully saturated rings. The van der Waals surface area contributed by atoms with Crippen LogP contribution >= 0.6 is 0 Å². The third kappa shape index (κ3) is 7.03. The zero-order valence-corrected chi connectivity index (χ0v) is 24.9. The number of alkyl carbamates (subject to hydrolysis) is 1. The van der Waals surface area contributed by atoms with Gasteiger partial charge in [0.05, 0.1) is 6.33 Å². The van der Waals surface area contributed by atoms with E-state index in [9.17, 15) is 18.0 Å². The molecule has 0 aliphatic carbocycles. The highest BCUT2D eigenvalue weighted by Crippen LogP contribution is 2.43. The Morgan fingerprint density at radius 3 is 2.54 bits per heavy atom. The third-order valence-corrected chi connectivity index (χ3v) is 7.68. The van der Waals surface area contributed by atoms with Crippen LogP contribution in [-0.4, -0.2) is 82.2 Å². The summed E-state index contributed by atoms with van der Waals surface area (Å²) >= 11 is 0. The largest absolute Gasteiger partial charge is 0.444 e. The highest BCUT2D eigenvalue weighted by molar-refractivity contribution is 7.88. The molecule has 0 saturated carbocycles. The van der Waals surface area contributed by atoms with Gasteiger partial charge in [0.1, 0.15) is 41.8 Å². The van der Waals surface area contributed by atoms with Gasteiger partial charge in [-0.2, -0.15) is 13.1 Å². The van der Waals surface area contributed by atoms with E-state index in [0.717, 1.165) is 0 Å². The van der Waals surface area contributed by atoms with Crippen LogP contribution in [0.15, 0.2) is 12.7 Å². The van der Waals surface area contributed by atoms with Gasteiger partial charge in [-0.25, -0.2) is 24.5 Å². The van der Waals surface area contributed by atoms with Crippen molar-refractivity contribution >= 4 is 39.2 Å². The number of imidazole rings is 1. The second-order valence-electron chi connectivity index (χ2n) is 11.5. The van der Waals surface area contributed by atoms with E-state index in [4.69, 9.17) is 24.7 Å². The number of nitrogens with two attached hydrogens (primary N) is 1. The van der Waals surface area contributed by atoms with Gasteiger partial charge in [-0.05, 0) is 40.5 Å². The first-order valence-electron chi connectivity index (χ1n) is 13.2. The highest BCUT2D eigenvalue weighted by Gasteiger charge is 2.56. The summed E-state index contributed by atoms with van der Waals surface area (Å²) in [4.78, 5) is 37.7. The summed E-state index contributed by atoms with van der Waals surface area (Å²) < 4.78 is 55.3. The summed E-state index contributed by atoms with van der Waals surface area (Å²) in [5.41, 5.74) is 5.92.